The van der Waals surface area contributed by atoms with E-state index in [1.165, 1.54) is 37.4 Å². The van der Waals surface area contributed by atoms with Crippen molar-refractivity contribution in [1.82, 2.24) is 8.75 Å². The highest BCUT2D eigenvalue weighted by atomic mass is 35.5. The second-order valence-electron chi connectivity index (χ2n) is 5.54. The van der Waals surface area contributed by atoms with E-state index in [4.69, 9.17) is 16.6 Å². The van der Waals surface area contributed by atoms with Crippen molar-refractivity contribution in [2.24, 2.45) is 10.9 Å². The normalized spacial score (nSPS) is 25.5. The first-order valence-corrected chi connectivity index (χ1v) is 9.29. The zero-order chi connectivity index (χ0) is 14.2. The van der Waals surface area contributed by atoms with E-state index in [9.17, 15) is 0 Å². The topological polar surface area (TPSA) is 50.2 Å². The zero-order valence-electron chi connectivity index (χ0n) is 11.4. The summed E-state index contributed by atoms with van der Waals surface area (Å²) in [5.41, 5.74) is 2.55. The first-order valence-electron chi connectivity index (χ1n) is 7.19. The lowest BCUT2D eigenvalue weighted by Crippen LogP contribution is -2.31. The number of anilines is 1. The van der Waals surface area contributed by atoms with Gasteiger partial charge >= 0.3 is 0 Å². The number of nitrogens with one attached hydrogen (secondary N) is 1. The van der Waals surface area contributed by atoms with Crippen LogP contribution in [-0.4, -0.2) is 25.7 Å². The Bertz CT molecular complexity index is 699. The van der Waals surface area contributed by atoms with Crippen LogP contribution in [0.3, 0.4) is 0 Å². The minimum absolute atomic E-state index is 0.481. The molecule has 0 radical (unpaired) electrons. The predicted molar refractivity (Wildman–Crippen MR) is 91.7 cm³/mol. The second-order valence-corrected chi connectivity index (χ2v) is 7.48. The number of hydrogen-bond donors (Lipinski definition) is 1. The predicted octanol–water partition coefficient (Wildman–Crippen LogP) is 4.42. The minimum Gasteiger partial charge on any atom is -0.332 e. The fraction of sp³-hybridized carbons (Fsp3) is 0.500. The van der Waals surface area contributed by atoms with Gasteiger partial charge in [-0.05, 0) is 30.9 Å². The third-order valence-corrected chi connectivity index (χ3v) is 6.13. The number of fused-ring (bicyclic) bond motifs is 2. The maximum absolute atomic E-state index is 6.33. The molecule has 2 aliphatic rings. The van der Waals surface area contributed by atoms with Gasteiger partial charge < -0.3 is 5.32 Å². The van der Waals surface area contributed by atoms with Crippen molar-refractivity contribution in [3.05, 3.63) is 17.2 Å². The summed E-state index contributed by atoms with van der Waals surface area (Å²) in [6.07, 6.45) is 5.19. The molecule has 0 spiro atoms. The Hall–Kier alpha value is -0.850. The summed E-state index contributed by atoms with van der Waals surface area (Å²) in [6, 6.07) is 4.25. The van der Waals surface area contributed by atoms with Crippen molar-refractivity contribution in [2.75, 3.05) is 11.1 Å². The highest BCUT2D eigenvalue weighted by Gasteiger charge is 2.29. The molecule has 2 unspecified atom stereocenters. The minimum atomic E-state index is 0.481. The van der Waals surface area contributed by atoms with Crippen LogP contribution in [0.4, 0.5) is 5.69 Å². The summed E-state index contributed by atoms with van der Waals surface area (Å²) in [4.78, 5) is 4.90. The van der Waals surface area contributed by atoms with Gasteiger partial charge in [-0.3, -0.25) is 4.99 Å². The second kappa shape index (κ2) is 5.74. The standard InChI is InChI=1S/C14H15ClN4S2/c15-9-5-6-11-13(19-21-18-11)12(9)17-14-16-10-4-2-1-3-8(10)7-20-14/h5-6,8,10H,1-4,7H2,(H,16,17). The van der Waals surface area contributed by atoms with E-state index >= 15 is 0 Å². The van der Waals surface area contributed by atoms with Gasteiger partial charge in [0.25, 0.3) is 0 Å². The van der Waals surface area contributed by atoms with E-state index in [1.807, 2.05) is 12.1 Å². The first-order chi connectivity index (χ1) is 10.3. The molecule has 21 heavy (non-hydrogen) atoms. The molecule has 1 aromatic carbocycles. The van der Waals surface area contributed by atoms with E-state index in [-0.39, 0.29) is 0 Å². The maximum Gasteiger partial charge on any atom is 0.161 e. The molecule has 0 saturated heterocycles. The smallest absolute Gasteiger partial charge is 0.161 e. The van der Waals surface area contributed by atoms with Crippen molar-refractivity contribution < 1.29 is 0 Å². The van der Waals surface area contributed by atoms with Crippen LogP contribution in [0, 0.1) is 5.92 Å². The number of amidine groups is 1. The fourth-order valence-electron chi connectivity index (χ4n) is 3.05. The van der Waals surface area contributed by atoms with Crippen LogP contribution >= 0.6 is 35.1 Å². The number of benzene rings is 1. The largest absolute Gasteiger partial charge is 0.332 e. The summed E-state index contributed by atoms with van der Waals surface area (Å²) in [5.74, 6) is 1.90. The van der Waals surface area contributed by atoms with Gasteiger partial charge in [0, 0.05) is 5.75 Å². The highest BCUT2D eigenvalue weighted by Crippen LogP contribution is 2.36. The van der Waals surface area contributed by atoms with Crippen molar-refractivity contribution in [3.8, 4) is 0 Å². The lowest BCUT2D eigenvalue weighted by molar-refractivity contribution is 0.336. The van der Waals surface area contributed by atoms with Crippen LogP contribution in [0.25, 0.3) is 11.0 Å². The van der Waals surface area contributed by atoms with E-state index in [0.717, 1.165) is 33.6 Å². The Balaban J connectivity index is 1.64. The van der Waals surface area contributed by atoms with Crippen LogP contribution in [0.2, 0.25) is 5.02 Å². The molecule has 110 valence electrons. The summed E-state index contributed by atoms with van der Waals surface area (Å²) in [7, 11) is 0. The van der Waals surface area contributed by atoms with Gasteiger partial charge in [-0.2, -0.15) is 8.75 Å². The lowest BCUT2D eigenvalue weighted by Gasteiger charge is -2.32. The summed E-state index contributed by atoms with van der Waals surface area (Å²) in [6.45, 7) is 0. The summed E-state index contributed by atoms with van der Waals surface area (Å²) >= 11 is 9.34. The molecule has 1 aromatic heterocycles. The van der Waals surface area contributed by atoms with Gasteiger partial charge in [0.1, 0.15) is 11.0 Å². The molecule has 1 N–H and O–H groups in total. The Morgan fingerprint density at radius 3 is 3.05 bits per heavy atom. The van der Waals surface area contributed by atoms with Gasteiger partial charge in [0.05, 0.1) is 28.5 Å². The third kappa shape index (κ3) is 2.64. The van der Waals surface area contributed by atoms with Gasteiger partial charge in [0.15, 0.2) is 5.17 Å². The fourth-order valence-corrected chi connectivity index (χ4v) is 4.93. The average molecular weight is 339 g/mol. The SMILES string of the molecule is Clc1ccc2nsnc2c1NC1=NC2CCCCC2CS1. The van der Waals surface area contributed by atoms with Gasteiger partial charge in [-0.15, -0.1) is 0 Å². The maximum atomic E-state index is 6.33. The van der Waals surface area contributed by atoms with Crippen molar-refractivity contribution in [2.45, 2.75) is 31.7 Å². The summed E-state index contributed by atoms with van der Waals surface area (Å²) in [5, 5.41) is 5.04. The number of rotatable bonds is 1. The number of hydrogen-bond acceptors (Lipinski definition) is 6. The molecule has 2 aromatic rings. The van der Waals surface area contributed by atoms with Crippen molar-refractivity contribution in [1.29, 1.82) is 0 Å². The molecular formula is C14H15ClN4S2. The van der Waals surface area contributed by atoms with Crippen molar-refractivity contribution >= 4 is 57.0 Å². The van der Waals surface area contributed by atoms with E-state index in [0.29, 0.717) is 11.1 Å². The van der Waals surface area contributed by atoms with E-state index < -0.39 is 0 Å². The number of nitrogens with zero attached hydrogens (tertiary/aromatic N) is 3. The molecule has 2 heterocycles. The molecule has 1 saturated carbocycles. The van der Waals surface area contributed by atoms with Crippen LogP contribution in [-0.2, 0) is 0 Å². The number of thioether (sulfide) groups is 1. The number of halogens is 1. The summed E-state index contributed by atoms with van der Waals surface area (Å²) < 4.78 is 8.61. The Morgan fingerprint density at radius 2 is 2.10 bits per heavy atom. The van der Waals surface area contributed by atoms with Crippen LogP contribution in [0.1, 0.15) is 25.7 Å². The molecule has 2 atom stereocenters. The molecule has 0 amide bonds. The molecule has 7 heteroatoms. The highest BCUT2D eigenvalue weighted by molar-refractivity contribution is 8.14. The van der Waals surface area contributed by atoms with E-state index in [2.05, 4.69) is 14.1 Å². The van der Waals surface area contributed by atoms with Gasteiger partial charge in [0.2, 0.25) is 0 Å². The molecular weight excluding hydrogens is 324 g/mol. The zero-order valence-corrected chi connectivity index (χ0v) is 13.8. The quantitative estimate of drug-likeness (QED) is 0.836. The average Bonchev–Trinajstić information content (AvgIpc) is 2.99. The Morgan fingerprint density at radius 1 is 1.19 bits per heavy atom. The van der Waals surface area contributed by atoms with Crippen molar-refractivity contribution in [3.63, 3.8) is 0 Å². The third-order valence-electron chi connectivity index (χ3n) is 4.20. The first kappa shape index (κ1) is 13.8. The Labute approximate surface area is 136 Å². The van der Waals surface area contributed by atoms with Gasteiger partial charge in [-0.1, -0.05) is 36.2 Å². The monoisotopic (exact) mass is 338 g/mol. The number of aromatic nitrogens is 2. The van der Waals surface area contributed by atoms with Gasteiger partial charge in [-0.25, -0.2) is 0 Å². The molecule has 1 fully saturated rings. The molecule has 1 aliphatic heterocycles. The molecule has 1 aliphatic carbocycles. The molecule has 4 rings (SSSR count). The molecule has 4 nitrogen and oxygen atoms in total. The van der Waals surface area contributed by atoms with Crippen LogP contribution in [0.5, 0.6) is 0 Å². The lowest BCUT2D eigenvalue weighted by atomic mass is 9.86. The Kier molecular flexibility index (Phi) is 3.77. The molecule has 0 bridgehead atoms. The van der Waals surface area contributed by atoms with Crippen LogP contribution in [0.15, 0.2) is 17.1 Å². The number of aliphatic imine (C=N–C) groups is 1. The van der Waals surface area contributed by atoms with E-state index in [1.54, 1.807) is 11.8 Å². The van der Waals surface area contributed by atoms with Crippen LogP contribution < -0.4 is 5.32 Å².